The van der Waals surface area contributed by atoms with Crippen LogP contribution in [-0.4, -0.2) is 47.0 Å². The van der Waals surface area contributed by atoms with Gasteiger partial charge < -0.3 is 20.9 Å². The third-order valence-electron chi connectivity index (χ3n) is 9.06. The van der Waals surface area contributed by atoms with Crippen molar-refractivity contribution in [3.63, 3.8) is 0 Å². The van der Waals surface area contributed by atoms with Gasteiger partial charge in [-0.25, -0.2) is 4.79 Å². The first kappa shape index (κ1) is 25.7. The van der Waals surface area contributed by atoms with Crippen molar-refractivity contribution in [2.75, 3.05) is 18.4 Å². The third kappa shape index (κ3) is 5.45. The maximum absolute atomic E-state index is 14.2. The first-order valence-electron chi connectivity index (χ1n) is 14.6. The number of hydrogen-bond donors (Lipinski definition) is 3. The quantitative estimate of drug-likeness (QED) is 0.496. The van der Waals surface area contributed by atoms with Crippen molar-refractivity contribution in [3.05, 3.63) is 84.2 Å². The molecular weight excluding hydrogens is 486 g/mol. The highest BCUT2D eigenvalue weighted by molar-refractivity contribution is 5.82. The molecule has 1 unspecified atom stereocenters. The lowest BCUT2D eigenvalue weighted by atomic mass is 9.75. The van der Waals surface area contributed by atoms with E-state index in [1.165, 1.54) is 5.56 Å². The minimum Gasteiger partial charge on any atom is -0.381 e. The topological polar surface area (TPSA) is 86.4 Å². The van der Waals surface area contributed by atoms with Crippen molar-refractivity contribution in [2.45, 2.75) is 63.1 Å². The van der Waals surface area contributed by atoms with E-state index in [1.807, 2.05) is 18.2 Å². The Morgan fingerprint density at radius 3 is 2.74 bits per heavy atom. The number of benzene rings is 1. The second-order valence-electron chi connectivity index (χ2n) is 11.4. The largest absolute Gasteiger partial charge is 0.381 e. The highest BCUT2D eigenvalue weighted by Crippen LogP contribution is 2.49. The smallest absolute Gasteiger partial charge is 0.315 e. The van der Waals surface area contributed by atoms with E-state index in [4.69, 9.17) is 0 Å². The normalized spacial score (nSPS) is 29.2. The zero-order valence-electron chi connectivity index (χ0n) is 22.5. The van der Waals surface area contributed by atoms with Gasteiger partial charge in [-0.05, 0) is 49.4 Å². The van der Waals surface area contributed by atoms with Gasteiger partial charge in [0.1, 0.15) is 0 Å². The van der Waals surface area contributed by atoms with Crippen molar-refractivity contribution < 1.29 is 9.59 Å². The molecule has 2 aliphatic heterocycles. The van der Waals surface area contributed by atoms with E-state index in [0.29, 0.717) is 30.8 Å². The highest BCUT2D eigenvalue weighted by Gasteiger charge is 2.49. The molecule has 3 heterocycles. The van der Waals surface area contributed by atoms with Crippen LogP contribution in [0.5, 0.6) is 0 Å². The maximum Gasteiger partial charge on any atom is 0.315 e. The number of urea groups is 1. The van der Waals surface area contributed by atoms with Gasteiger partial charge in [0, 0.05) is 61.0 Å². The molecule has 1 aromatic carbocycles. The summed E-state index contributed by atoms with van der Waals surface area (Å²) in [5.74, 6) is 0.812. The van der Waals surface area contributed by atoms with E-state index in [9.17, 15) is 9.59 Å². The molecule has 2 fully saturated rings. The van der Waals surface area contributed by atoms with Crippen LogP contribution in [-0.2, 0) is 11.2 Å². The van der Waals surface area contributed by atoms with Gasteiger partial charge in [0.15, 0.2) is 0 Å². The fraction of sp³-hybridized carbons (Fsp3) is 0.469. The van der Waals surface area contributed by atoms with Gasteiger partial charge in [-0.2, -0.15) is 0 Å². The summed E-state index contributed by atoms with van der Waals surface area (Å²) in [4.78, 5) is 33.5. The van der Waals surface area contributed by atoms with Crippen LogP contribution in [0.2, 0.25) is 0 Å². The summed E-state index contributed by atoms with van der Waals surface area (Å²) in [6, 6.07) is 14.4. The van der Waals surface area contributed by atoms with Gasteiger partial charge in [-0.1, -0.05) is 61.4 Å². The molecule has 0 spiro atoms. The highest BCUT2D eigenvalue weighted by atomic mass is 16.2. The van der Waals surface area contributed by atoms with E-state index in [0.717, 1.165) is 56.5 Å². The minimum atomic E-state index is -0.195. The fourth-order valence-electron chi connectivity index (χ4n) is 7.18. The van der Waals surface area contributed by atoms with Crippen molar-refractivity contribution in [1.29, 1.82) is 0 Å². The molecular formula is C32H39N5O2. The number of aromatic nitrogens is 1. The van der Waals surface area contributed by atoms with Crippen LogP contribution in [0, 0.1) is 17.8 Å². The van der Waals surface area contributed by atoms with Crippen LogP contribution in [0.15, 0.2) is 73.0 Å². The molecule has 1 saturated carbocycles. The predicted octanol–water partition coefficient (Wildman–Crippen LogP) is 5.00. The Labute approximate surface area is 231 Å². The summed E-state index contributed by atoms with van der Waals surface area (Å²) in [6.07, 6.45) is 17.0. The molecule has 7 heteroatoms. The molecule has 6 atom stereocenters. The van der Waals surface area contributed by atoms with Crippen LogP contribution in [0.1, 0.15) is 55.8 Å². The van der Waals surface area contributed by atoms with Crippen LogP contribution in [0.4, 0.5) is 10.5 Å². The summed E-state index contributed by atoms with van der Waals surface area (Å²) in [5, 5.41) is 9.99. The van der Waals surface area contributed by atoms with Crippen LogP contribution in [0.3, 0.4) is 0 Å². The first-order chi connectivity index (χ1) is 19.2. The maximum atomic E-state index is 14.2. The van der Waals surface area contributed by atoms with Gasteiger partial charge in [-0.15, -0.1) is 0 Å². The number of amides is 3. The third-order valence-corrected chi connectivity index (χ3v) is 9.06. The average molecular weight is 526 g/mol. The van der Waals surface area contributed by atoms with E-state index >= 15 is 0 Å². The van der Waals surface area contributed by atoms with E-state index in [-0.39, 0.29) is 29.9 Å². The lowest BCUT2D eigenvalue weighted by molar-refractivity contribution is -0.138. The standard InChI is InChI=1S/C32H39N5O2/c38-31(25-14-5-7-16-28(25)36-32(39)34-20-17-23-12-8-9-19-33-23)37-21-18-26-29(22-10-2-1-3-11-22)35-27-15-6-4-13-24(27)30(26)37/h1-4,6,8-10,12-13,15,19,22,25-26,28-30,35H,5,7,11,14,16-18,20-21H2,(H2,34,36,39)/t22?,25-,26+,28+,29-,30-/m0/s1. The summed E-state index contributed by atoms with van der Waals surface area (Å²) in [5.41, 5.74) is 3.33. The van der Waals surface area contributed by atoms with Gasteiger partial charge in [0.25, 0.3) is 0 Å². The molecule has 204 valence electrons. The Balaban J connectivity index is 1.15. The Bertz CT molecular complexity index is 1230. The van der Waals surface area contributed by atoms with Gasteiger partial charge in [0.2, 0.25) is 5.91 Å². The van der Waals surface area contributed by atoms with Crippen molar-refractivity contribution >= 4 is 17.6 Å². The molecule has 2 aliphatic carbocycles. The number of para-hydroxylation sites is 1. The summed E-state index contributed by atoms with van der Waals surface area (Å²) < 4.78 is 0. The average Bonchev–Trinajstić information content (AvgIpc) is 3.43. The summed E-state index contributed by atoms with van der Waals surface area (Å²) >= 11 is 0. The predicted molar refractivity (Wildman–Crippen MR) is 153 cm³/mol. The number of nitrogens with one attached hydrogen (secondary N) is 3. The summed E-state index contributed by atoms with van der Waals surface area (Å²) in [6.45, 7) is 1.28. The molecule has 7 nitrogen and oxygen atoms in total. The molecule has 3 N–H and O–H groups in total. The number of nitrogens with zero attached hydrogens (tertiary/aromatic N) is 2. The van der Waals surface area contributed by atoms with Gasteiger partial charge in [-0.3, -0.25) is 9.78 Å². The number of fused-ring (bicyclic) bond motifs is 3. The molecule has 0 radical (unpaired) electrons. The van der Waals surface area contributed by atoms with Gasteiger partial charge >= 0.3 is 6.03 Å². The molecule has 1 aromatic heterocycles. The molecule has 0 bridgehead atoms. The molecule has 1 saturated heterocycles. The zero-order valence-corrected chi connectivity index (χ0v) is 22.5. The lowest BCUT2D eigenvalue weighted by Crippen LogP contribution is -2.52. The number of rotatable bonds is 6. The molecule has 4 aliphatic rings. The SMILES string of the molecule is O=C(NCCc1ccccn1)N[C@@H]1CCCC[C@@H]1C(=O)N1CC[C@@H]2[C@H](C3C=CC=CC3)Nc3ccccc3[C@@H]21. The second-order valence-corrected chi connectivity index (χ2v) is 11.4. The number of carbonyl (C=O) groups is 2. The van der Waals surface area contributed by atoms with E-state index in [2.05, 4.69) is 74.4 Å². The number of pyridine rings is 1. The Kier molecular flexibility index (Phi) is 7.66. The number of carbonyl (C=O) groups excluding carboxylic acids is 2. The van der Waals surface area contributed by atoms with E-state index < -0.39 is 0 Å². The fourth-order valence-corrected chi connectivity index (χ4v) is 7.18. The number of allylic oxidation sites excluding steroid dienone is 3. The monoisotopic (exact) mass is 525 g/mol. The van der Waals surface area contributed by atoms with Gasteiger partial charge in [0.05, 0.1) is 12.0 Å². The zero-order chi connectivity index (χ0) is 26.6. The van der Waals surface area contributed by atoms with Crippen LogP contribution >= 0.6 is 0 Å². The number of hydrogen-bond acceptors (Lipinski definition) is 4. The molecule has 2 aromatic rings. The van der Waals surface area contributed by atoms with Crippen LogP contribution in [0.25, 0.3) is 0 Å². The lowest BCUT2D eigenvalue weighted by Gasteiger charge is -2.44. The number of anilines is 1. The molecule has 6 rings (SSSR count). The Morgan fingerprint density at radius 1 is 1.03 bits per heavy atom. The molecule has 3 amide bonds. The number of likely N-dealkylation sites (tertiary alicyclic amines) is 1. The Hall–Kier alpha value is -3.61. The van der Waals surface area contributed by atoms with E-state index in [1.54, 1.807) is 6.20 Å². The Morgan fingerprint density at radius 2 is 1.90 bits per heavy atom. The molecule has 39 heavy (non-hydrogen) atoms. The van der Waals surface area contributed by atoms with Crippen molar-refractivity contribution in [1.82, 2.24) is 20.5 Å². The van der Waals surface area contributed by atoms with Crippen molar-refractivity contribution in [3.8, 4) is 0 Å². The second kappa shape index (κ2) is 11.6. The minimum absolute atomic E-state index is 0.0778. The summed E-state index contributed by atoms with van der Waals surface area (Å²) in [7, 11) is 0. The first-order valence-corrected chi connectivity index (χ1v) is 14.6. The van der Waals surface area contributed by atoms with Crippen molar-refractivity contribution in [2.24, 2.45) is 17.8 Å². The van der Waals surface area contributed by atoms with Crippen LogP contribution < -0.4 is 16.0 Å².